The number of benzene rings is 2. The van der Waals surface area contributed by atoms with E-state index >= 15 is 0 Å². The SMILES string of the molecule is N=Cc1cccc(C(=O)NCCCN2CCC(Oc3ccc(Cl)c(Cl)c3)CC2)c1. The zero-order chi connectivity index (χ0) is 20.6. The molecule has 1 fully saturated rings. The lowest BCUT2D eigenvalue weighted by Crippen LogP contribution is -2.39. The molecule has 1 aliphatic heterocycles. The van der Waals surface area contributed by atoms with Crippen molar-refractivity contribution in [1.29, 1.82) is 5.41 Å². The number of nitrogens with zero attached hydrogens (tertiary/aromatic N) is 1. The molecule has 1 heterocycles. The number of amides is 1. The zero-order valence-electron chi connectivity index (χ0n) is 16.2. The minimum absolute atomic E-state index is 0.0950. The molecule has 0 aromatic heterocycles. The lowest BCUT2D eigenvalue weighted by Gasteiger charge is -2.32. The maximum Gasteiger partial charge on any atom is 0.251 e. The van der Waals surface area contributed by atoms with Crippen LogP contribution >= 0.6 is 23.2 Å². The molecule has 1 amide bonds. The van der Waals surface area contributed by atoms with E-state index in [0.29, 0.717) is 22.2 Å². The Labute approximate surface area is 181 Å². The first-order chi connectivity index (χ1) is 14.0. The van der Waals surface area contributed by atoms with Crippen molar-refractivity contribution in [3.8, 4) is 5.75 Å². The maximum atomic E-state index is 12.2. The summed E-state index contributed by atoms with van der Waals surface area (Å²) in [6.45, 7) is 3.52. The van der Waals surface area contributed by atoms with E-state index in [0.717, 1.165) is 50.2 Å². The van der Waals surface area contributed by atoms with Crippen molar-refractivity contribution in [2.75, 3.05) is 26.2 Å². The molecule has 1 saturated heterocycles. The first-order valence-electron chi connectivity index (χ1n) is 9.78. The van der Waals surface area contributed by atoms with Crippen LogP contribution < -0.4 is 10.1 Å². The van der Waals surface area contributed by atoms with Crippen LogP contribution in [0.1, 0.15) is 35.2 Å². The number of nitrogens with one attached hydrogen (secondary N) is 2. The van der Waals surface area contributed by atoms with Crippen molar-refractivity contribution in [3.05, 3.63) is 63.6 Å². The molecule has 0 bridgehead atoms. The molecule has 0 atom stereocenters. The number of ether oxygens (including phenoxy) is 1. The van der Waals surface area contributed by atoms with Gasteiger partial charge in [0.2, 0.25) is 0 Å². The van der Waals surface area contributed by atoms with E-state index in [9.17, 15) is 4.79 Å². The number of carbonyl (C=O) groups is 1. The molecule has 154 valence electrons. The van der Waals surface area contributed by atoms with Gasteiger partial charge in [0.15, 0.2) is 0 Å². The van der Waals surface area contributed by atoms with Gasteiger partial charge in [-0.15, -0.1) is 0 Å². The molecule has 7 heteroatoms. The van der Waals surface area contributed by atoms with Crippen molar-refractivity contribution in [2.45, 2.75) is 25.4 Å². The molecule has 3 rings (SSSR count). The van der Waals surface area contributed by atoms with Crippen LogP contribution in [0.2, 0.25) is 10.0 Å². The van der Waals surface area contributed by atoms with E-state index in [1.54, 1.807) is 36.4 Å². The monoisotopic (exact) mass is 433 g/mol. The Hall–Kier alpha value is -2.08. The van der Waals surface area contributed by atoms with E-state index in [1.165, 1.54) is 6.21 Å². The number of carbonyl (C=O) groups excluding carboxylic acids is 1. The summed E-state index contributed by atoms with van der Waals surface area (Å²) in [5.74, 6) is 0.662. The molecular formula is C22H25Cl2N3O2. The van der Waals surface area contributed by atoms with Crippen LogP contribution in [0.3, 0.4) is 0 Å². The van der Waals surface area contributed by atoms with E-state index in [2.05, 4.69) is 10.2 Å². The molecule has 5 nitrogen and oxygen atoms in total. The van der Waals surface area contributed by atoms with Gasteiger partial charge in [0.05, 0.1) is 10.0 Å². The topological polar surface area (TPSA) is 65.4 Å². The smallest absolute Gasteiger partial charge is 0.251 e. The molecule has 0 spiro atoms. The van der Waals surface area contributed by atoms with Gasteiger partial charge < -0.3 is 20.4 Å². The van der Waals surface area contributed by atoms with Gasteiger partial charge in [-0.1, -0.05) is 35.3 Å². The largest absolute Gasteiger partial charge is 0.490 e. The minimum atomic E-state index is -0.0950. The van der Waals surface area contributed by atoms with Gasteiger partial charge in [-0.2, -0.15) is 0 Å². The lowest BCUT2D eigenvalue weighted by atomic mass is 10.1. The van der Waals surface area contributed by atoms with Crippen LogP contribution in [0.4, 0.5) is 0 Å². The average molecular weight is 434 g/mol. The van der Waals surface area contributed by atoms with Gasteiger partial charge in [0.25, 0.3) is 5.91 Å². The maximum absolute atomic E-state index is 12.2. The Morgan fingerprint density at radius 3 is 2.69 bits per heavy atom. The van der Waals surface area contributed by atoms with Crippen LogP contribution in [0, 0.1) is 5.41 Å². The quantitative estimate of drug-likeness (QED) is 0.470. The number of rotatable bonds is 8. The highest BCUT2D eigenvalue weighted by Gasteiger charge is 2.20. The fourth-order valence-corrected chi connectivity index (χ4v) is 3.66. The normalized spacial score (nSPS) is 15.1. The Bertz CT molecular complexity index is 852. The Kier molecular flexibility index (Phi) is 7.92. The molecule has 2 aromatic rings. The second kappa shape index (κ2) is 10.6. The first-order valence-corrected chi connectivity index (χ1v) is 10.5. The highest BCUT2D eigenvalue weighted by atomic mass is 35.5. The molecule has 0 aliphatic carbocycles. The van der Waals surface area contributed by atoms with Gasteiger partial charge in [-0.3, -0.25) is 4.79 Å². The van der Waals surface area contributed by atoms with Crippen molar-refractivity contribution in [2.24, 2.45) is 0 Å². The van der Waals surface area contributed by atoms with Crippen LogP contribution in [0.5, 0.6) is 5.75 Å². The molecule has 29 heavy (non-hydrogen) atoms. The average Bonchev–Trinajstić information content (AvgIpc) is 2.75. The van der Waals surface area contributed by atoms with E-state index in [-0.39, 0.29) is 12.0 Å². The summed E-state index contributed by atoms with van der Waals surface area (Å²) in [6, 6.07) is 12.4. The van der Waals surface area contributed by atoms with Gasteiger partial charge in [0.1, 0.15) is 11.9 Å². The molecule has 0 unspecified atom stereocenters. The molecule has 1 aliphatic rings. The fraction of sp³-hybridized carbons (Fsp3) is 0.364. The second-order valence-corrected chi connectivity index (χ2v) is 7.93. The van der Waals surface area contributed by atoms with Gasteiger partial charge in [-0.25, -0.2) is 0 Å². The number of hydrogen-bond acceptors (Lipinski definition) is 4. The van der Waals surface area contributed by atoms with Crippen LogP contribution in [-0.4, -0.2) is 49.3 Å². The molecule has 2 N–H and O–H groups in total. The van der Waals surface area contributed by atoms with Crippen LogP contribution in [-0.2, 0) is 0 Å². The summed E-state index contributed by atoms with van der Waals surface area (Å²) in [6.07, 6.45) is 4.25. The molecule has 2 aromatic carbocycles. The van der Waals surface area contributed by atoms with Crippen molar-refractivity contribution in [1.82, 2.24) is 10.2 Å². The van der Waals surface area contributed by atoms with Crippen molar-refractivity contribution >= 4 is 35.3 Å². The number of likely N-dealkylation sites (tertiary alicyclic amines) is 1. The van der Waals surface area contributed by atoms with Gasteiger partial charge >= 0.3 is 0 Å². The summed E-state index contributed by atoms with van der Waals surface area (Å²) in [7, 11) is 0. The second-order valence-electron chi connectivity index (χ2n) is 7.11. The van der Waals surface area contributed by atoms with E-state index < -0.39 is 0 Å². The number of piperidine rings is 1. The van der Waals surface area contributed by atoms with Gasteiger partial charge in [0, 0.05) is 37.5 Å². The third-order valence-corrected chi connectivity index (χ3v) is 5.72. The van der Waals surface area contributed by atoms with Crippen LogP contribution in [0.15, 0.2) is 42.5 Å². The Balaban J connectivity index is 1.34. The highest BCUT2D eigenvalue weighted by molar-refractivity contribution is 6.42. The third-order valence-electron chi connectivity index (χ3n) is 4.98. The highest BCUT2D eigenvalue weighted by Crippen LogP contribution is 2.28. The lowest BCUT2D eigenvalue weighted by molar-refractivity contribution is 0.0935. The van der Waals surface area contributed by atoms with E-state index in [1.807, 2.05) is 6.07 Å². The Morgan fingerprint density at radius 1 is 1.17 bits per heavy atom. The summed E-state index contributed by atoms with van der Waals surface area (Å²) < 4.78 is 6.02. The predicted molar refractivity (Wildman–Crippen MR) is 118 cm³/mol. The zero-order valence-corrected chi connectivity index (χ0v) is 17.7. The molecule has 0 radical (unpaired) electrons. The van der Waals surface area contributed by atoms with Gasteiger partial charge in [-0.05, 0) is 55.6 Å². The minimum Gasteiger partial charge on any atom is -0.490 e. The van der Waals surface area contributed by atoms with Crippen LogP contribution in [0.25, 0.3) is 0 Å². The number of halogens is 2. The summed E-state index contributed by atoms with van der Waals surface area (Å²) in [5, 5.41) is 11.3. The molecular weight excluding hydrogens is 409 g/mol. The van der Waals surface area contributed by atoms with Crippen molar-refractivity contribution in [3.63, 3.8) is 0 Å². The van der Waals surface area contributed by atoms with E-state index in [4.69, 9.17) is 33.3 Å². The number of hydrogen-bond donors (Lipinski definition) is 2. The summed E-state index contributed by atoms with van der Waals surface area (Å²) >= 11 is 12.0. The Morgan fingerprint density at radius 2 is 1.97 bits per heavy atom. The summed E-state index contributed by atoms with van der Waals surface area (Å²) in [5.41, 5.74) is 1.31. The standard InChI is InChI=1S/C22H25Cl2N3O2/c23-20-6-5-19(14-21(20)24)29-18-7-11-27(12-8-18)10-2-9-26-22(28)17-4-1-3-16(13-17)15-25/h1,3-6,13-15,18,25H,2,7-12H2,(H,26,28). The van der Waals surface area contributed by atoms with Crippen molar-refractivity contribution < 1.29 is 9.53 Å². The first kappa shape index (κ1) is 21.6. The third kappa shape index (κ3) is 6.46. The summed E-state index contributed by atoms with van der Waals surface area (Å²) in [4.78, 5) is 14.6. The fourth-order valence-electron chi connectivity index (χ4n) is 3.37. The molecule has 0 saturated carbocycles. The predicted octanol–water partition coefficient (Wildman–Crippen LogP) is 4.65.